The van der Waals surface area contributed by atoms with Crippen molar-refractivity contribution in [2.75, 3.05) is 0 Å². The molecule has 0 aliphatic heterocycles. The summed E-state index contributed by atoms with van der Waals surface area (Å²) in [6, 6.07) is 10.3. The highest BCUT2D eigenvalue weighted by atomic mass is 16.7. The zero-order valence-corrected chi connectivity index (χ0v) is 11.8. The number of hydrogen-bond donors (Lipinski definition) is 0. The first-order valence-electron chi connectivity index (χ1n) is 6.61. The molecule has 1 aromatic rings. The SMILES string of the molecule is CC=CC(CCc1ccccc1)OC(C)OC(C)=O. The van der Waals surface area contributed by atoms with Gasteiger partial charge in [-0.2, -0.15) is 0 Å². The number of carbonyl (C=O) groups is 1. The number of esters is 1. The van der Waals surface area contributed by atoms with Crippen LogP contribution in [0.25, 0.3) is 0 Å². The molecule has 0 radical (unpaired) electrons. The molecule has 19 heavy (non-hydrogen) atoms. The van der Waals surface area contributed by atoms with Crippen molar-refractivity contribution in [1.29, 1.82) is 0 Å². The molecule has 0 spiro atoms. The Kier molecular flexibility index (Phi) is 6.90. The van der Waals surface area contributed by atoms with Crippen LogP contribution in [-0.4, -0.2) is 18.4 Å². The Hall–Kier alpha value is -1.61. The molecule has 2 atom stereocenters. The topological polar surface area (TPSA) is 35.5 Å². The van der Waals surface area contributed by atoms with Gasteiger partial charge in [-0.25, -0.2) is 0 Å². The molecule has 1 rings (SSSR count). The van der Waals surface area contributed by atoms with E-state index in [1.165, 1.54) is 12.5 Å². The van der Waals surface area contributed by atoms with Gasteiger partial charge < -0.3 is 9.47 Å². The van der Waals surface area contributed by atoms with Crippen LogP contribution in [0, 0.1) is 0 Å². The van der Waals surface area contributed by atoms with E-state index in [-0.39, 0.29) is 12.1 Å². The lowest BCUT2D eigenvalue weighted by Gasteiger charge is -2.19. The molecule has 1 aromatic carbocycles. The third-order valence-electron chi connectivity index (χ3n) is 2.67. The zero-order chi connectivity index (χ0) is 14.1. The number of ether oxygens (including phenoxy) is 2. The Labute approximate surface area is 115 Å². The lowest BCUT2D eigenvalue weighted by atomic mass is 10.1. The van der Waals surface area contributed by atoms with Crippen molar-refractivity contribution in [3.63, 3.8) is 0 Å². The molecule has 0 heterocycles. The summed E-state index contributed by atoms with van der Waals surface area (Å²) in [5, 5.41) is 0. The van der Waals surface area contributed by atoms with Crippen LogP contribution in [0.1, 0.15) is 32.8 Å². The molecule has 0 amide bonds. The highest BCUT2D eigenvalue weighted by Gasteiger charge is 2.12. The number of hydrogen-bond acceptors (Lipinski definition) is 3. The average molecular weight is 262 g/mol. The summed E-state index contributed by atoms with van der Waals surface area (Å²) < 4.78 is 10.7. The van der Waals surface area contributed by atoms with Crippen molar-refractivity contribution >= 4 is 5.97 Å². The van der Waals surface area contributed by atoms with Gasteiger partial charge >= 0.3 is 5.97 Å². The lowest BCUT2D eigenvalue weighted by Crippen LogP contribution is -2.23. The van der Waals surface area contributed by atoms with Crippen LogP contribution in [-0.2, 0) is 20.7 Å². The average Bonchev–Trinajstić information content (AvgIpc) is 2.36. The lowest BCUT2D eigenvalue weighted by molar-refractivity contribution is -0.178. The van der Waals surface area contributed by atoms with Crippen molar-refractivity contribution in [2.45, 2.75) is 46.0 Å². The highest BCUT2D eigenvalue weighted by Crippen LogP contribution is 2.11. The van der Waals surface area contributed by atoms with E-state index in [1.54, 1.807) is 6.92 Å². The Morgan fingerprint density at radius 3 is 2.58 bits per heavy atom. The predicted octanol–water partition coefficient (Wildman–Crippen LogP) is 3.49. The molecule has 3 nitrogen and oxygen atoms in total. The summed E-state index contributed by atoms with van der Waals surface area (Å²) in [5.41, 5.74) is 1.28. The highest BCUT2D eigenvalue weighted by molar-refractivity contribution is 5.65. The van der Waals surface area contributed by atoms with Gasteiger partial charge in [-0.3, -0.25) is 4.79 Å². The van der Waals surface area contributed by atoms with Crippen molar-refractivity contribution in [2.24, 2.45) is 0 Å². The minimum Gasteiger partial charge on any atom is -0.436 e. The van der Waals surface area contributed by atoms with Crippen LogP contribution in [0.15, 0.2) is 42.5 Å². The van der Waals surface area contributed by atoms with Gasteiger partial charge in [-0.1, -0.05) is 42.5 Å². The smallest absolute Gasteiger partial charge is 0.304 e. The molecule has 0 aromatic heterocycles. The van der Waals surface area contributed by atoms with Gasteiger partial charge in [-0.15, -0.1) is 0 Å². The first-order valence-corrected chi connectivity index (χ1v) is 6.61. The van der Waals surface area contributed by atoms with E-state index >= 15 is 0 Å². The maximum Gasteiger partial charge on any atom is 0.304 e. The van der Waals surface area contributed by atoms with Crippen molar-refractivity contribution in [3.05, 3.63) is 48.0 Å². The number of rotatable bonds is 7. The van der Waals surface area contributed by atoms with E-state index in [4.69, 9.17) is 9.47 Å². The Bertz CT molecular complexity index is 398. The first kappa shape index (κ1) is 15.4. The molecule has 2 unspecified atom stereocenters. The second-order valence-electron chi connectivity index (χ2n) is 4.40. The molecule has 0 saturated carbocycles. The third-order valence-corrected chi connectivity index (χ3v) is 2.67. The van der Waals surface area contributed by atoms with Crippen LogP contribution >= 0.6 is 0 Å². The number of allylic oxidation sites excluding steroid dienone is 1. The van der Waals surface area contributed by atoms with Gasteiger partial charge in [0.25, 0.3) is 0 Å². The molecule has 0 aliphatic rings. The van der Waals surface area contributed by atoms with Gasteiger partial charge in [0.05, 0.1) is 6.10 Å². The van der Waals surface area contributed by atoms with Crippen molar-refractivity contribution in [3.8, 4) is 0 Å². The number of benzene rings is 1. The van der Waals surface area contributed by atoms with E-state index in [0.717, 1.165) is 12.8 Å². The number of carbonyl (C=O) groups excluding carboxylic acids is 1. The first-order chi connectivity index (χ1) is 9.11. The quantitative estimate of drug-likeness (QED) is 0.428. The second-order valence-corrected chi connectivity index (χ2v) is 4.40. The van der Waals surface area contributed by atoms with Gasteiger partial charge in [0.2, 0.25) is 6.29 Å². The minimum absolute atomic E-state index is 0.0421. The summed E-state index contributed by atoms with van der Waals surface area (Å²) in [7, 11) is 0. The van der Waals surface area contributed by atoms with Crippen molar-refractivity contribution < 1.29 is 14.3 Å². The van der Waals surface area contributed by atoms with Crippen LogP contribution in [0.5, 0.6) is 0 Å². The summed E-state index contributed by atoms with van der Waals surface area (Å²) in [5.74, 6) is -0.324. The molecule has 0 saturated heterocycles. The van der Waals surface area contributed by atoms with E-state index < -0.39 is 6.29 Å². The normalized spacial score (nSPS) is 14.3. The largest absolute Gasteiger partial charge is 0.436 e. The summed E-state index contributed by atoms with van der Waals surface area (Å²) >= 11 is 0. The molecule has 0 bridgehead atoms. The van der Waals surface area contributed by atoms with Gasteiger partial charge in [0, 0.05) is 6.92 Å². The van der Waals surface area contributed by atoms with Crippen LogP contribution in [0.2, 0.25) is 0 Å². The van der Waals surface area contributed by atoms with Gasteiger partial charge in [-0.05, 0) is 32.3 Å². The van der Waals surface area contributed by atoms with Crippen LogP contribution in [0.3, 0.4) is 0 Å². The molecule has 104 valence electrons. The summed E-state index contributed by atoms with van der Waals surface area (Å²) in [4.78, 5) is 10.9. The summed E-state index contributed by atoms with van der Waals surface area (Å²) in [6.07, 6.45) is 5.18. The van der Waals surface area contributed by atoms with Crippen LogP contribution < -0.4 is 0 Å². The molecule has 0 fully saturated rings. The zero-order valence-electron chi connectivity index (χ0n) is 11.8. The molecule has 3 heteroatoms. The fourth-order valence-electron chi connectivity index (χ4n) is 1.89. The molecule has 0 aliphatic carbocycles. The van der Waals surface area contributed by atoms with E-state index in [1.807, 2.05) is 37.3 Å². The standard InChI is InChI=1S/C16H22O3/c1-4-8-16(19-14(3)18-13(2)17)12-11-15-9-6-5-7-10-15/h4-10,14,16H,11-12H2,1-3H3. The number of aryl methyl sites for hydroxylation is 1. The fourth-order valence-corrected chi connectivity index (χ4v) is 1.89. The molecular weight excluding hydrogens is 240 g/mol. The third kappa shape index (κ3) is 6.77. The Morgan fingerprint density at radius 2 is 2.00 bits per heavy atom. The maximum atomic E-state index is 10.9. The van der Waals surface area contributed by atoms with Crippen molar-refractivity contribution in [1.82, 2.24) is 0 Å². The Balaban J connectivity index is 2.46. The molecule has 0 N–H and O–H groups in total. The van der Waals surface area contributed by atoms with E-state index in [2.05, 4.69) is 12.1 Å². The fraction of sp³-hybridized carbons (Fsp3) is 0.438. The monoisotopic (exact) mass is 262 g/mol. The van der Waals surface area contributed by atoms with Crippen LogP contribution in [0.4, 0.5) is 0 Å². The van der Waals surface area contributed by atoms with E-state index in [9.17, 15) is 4.79 Å². The van der Waals surface area contributed by atoms with E-state index in [0.29, 0.717) is 0 Å². The summed E-state index contributed by atoms with van der Waals surface area (Å²) in [6.45, 7) is 5.07. The predicted molar refractivity (Wildman–Crippen MR) is 75.7 cm³/mol. The maximum absolute atomic E-state index is 10.9. The Morgan fingerprint density at radius 1 is 1.32 bits per heavy atom. The van der Waals surface area contributed by atoms with Gasteiger partial charge in [0.15, 0.2) is 0 Å². The van der Waals surface area contributed by atoms with Gasteiger partial charge in [0.1, 0.15) is 0 Å². The molecular formula is C16H22O3. The minimum atomic E-state index is -0.519. The second kappa shape index (κ2) is 8.48.